The fourth-order valence-corrected chi connectivity index (χ4v) is 8.15. The monoisotopic (exact) mass is 620 g/mol. The molecule has 0 aliphatic carbocycles. The van der Waals surface area contributed by atoms with E-state index in [1.807, 2.05) is 23.3 Å². The van der Waals surface area contributed by atoms with Gasteiger partial charge in [0.05, 0.1) is 33.0 Å². The number of rotatable bonds is 7. The Morgan fingerprint density at radius 1 is 1.15 bits per heavy atom. The maximum atomic E-state index is 13.2. The molecule has 2 atom stereocenters. The lowest BCUT2D eigenvalue weighted by atomic mass is 9.97. The second-order valence-corrected chi connectivity index (χ2v) is 13.1. The summed E-state index contributed by atoms with van der Waals surface area (Å²) in [5.41, 5.74) is 1.21. The molecule has 3 aliphatic rings. The Morgan fingerprint density at radius 2 is 1.90 bits per heavy atom. The summed E-state index contributed by atoms with van der Waals surface area (Å²) in [4.78, 5) is 40.0. The number of halogens is 2. The molecule has 2 N–H and O–H groups in total. The highest BCUT2D eigenvalue weighted by Crippen LogP contribution is 2.44. The van der Waals surface area contributed by atoms with Crippen LogP contribution in [0.2, 0.25) is 10.0 Å². The molecule has 3 aliphatic heterocycles. The van der Waals surface area contributed by atoms with Crippen LogP contribution in [-0.2, 0) is 9.53 Å². The van der Waals surface area contributed by atoms with Gasteiger partial charge in [0.1, 0.15) is 16.5 Å². The molecule has 40 heavy (non-hydrogen) atoms. The molecule has 0 radical (unpaired) electrons. The Labute approximate surface area is 250 Å². The van der Waals surface area contributed by atoms with Crippen molar-refractivity contribution < 1.29 is 14.3 Å². The second kappa shape index (κ2) is 11.8. The normalized spacial score (nSPS) is 21.1. The summed E-state index contributed by atoms with van der Waals surface area (Å²) < 4.78 is 5.16. The molecule has 0 aromatic carbocycles. The van der Waals surface area contributed by atoms with Crippen LogP contribution in [0.3, 0.4) is 0 Å². The molecule has 9 nitrogen and oxygen atoms in total. The van der Waals surface area contributed by atoms with E-state index in [2.05, 4.69) is 20.5 Å². The smallest absolute Gasteiger partial charge is 0.309 e. The number of thiazole rings is 1. The van der Waals surface area contributed by atoms with Crippen LogP contribution in [0.15, 0.2) is 23.7 Å². The number of amides is 1. The molecule has 212 valence electrons. The number of pyridine rings is 1. The van der Waals surface area contributed by atoms with Crippen molar-refractivity contribution in [1.82, 2.24) is 15.3 Å². The number of nitrogens with zero attached hydrogens (tertiary/aromatic N) is 4. The fourth-order valence-electron chi connectivity index (χ4n) is 5.74. The highest BCUT2D eigenvalue weighted by atomic mass is 35.5. The highest BCUT2D eigenvalue weighted by Gasteiger charge is 2.38. The number of thiophene rings is 1. The van der Waals surface area contributed by atoms with Gasteiger partial charge in [-0.15, -0.1) is 11.3 Å². The van der Waals surface area contributed by atoms with E-state index < -0.39 is 0 Å². The number of hydrogen-bond donors (Lipinski definition) is 2. The van der Waals surface area contributed by atoms with E-state index in [0.29, 0.717) is 70.9 Å². The average molecular weight is 622 g/mol. The van der Waals surface area contributed by atoms with E-state index >= 15 is 0 Å². The largest absolute Gasteiger partial charge is 0.466 e. The zero-order valence-corrected chi connectivity index (χ0v) is 25.1. The van der Waals surface area contributed by atoms with E-state index in [-0.39, 0.29) is 17.8 Å². The second-order valence-electron chi connectivity index (χ2n) is 10.4. The minimum atomic E-state index is -0.319. The number of nitrogens with one attached hydrogen (secondary N) is 2. The van der Waals surface area contributed by atoms with Crippen molar-refractivity contribution >= 4 is 73.7 Å². The van der Waals surface area contributed by atoms with Gasteiger partial charge in [-0.3, -0.25) is 14.9 Å². The predicted molar refractivity (Wildman–Crippen MR) is 161 cm³/mol. The first-order valence-corrected chi connectivity index (χ1v) is 15.9. The Bertz CT molecular complexity index is 1390. The van der Waals surface area contributed by atoms with Crippen LogP contribution >= 0.6 is 45.9 Å². The Hall–Kier alpha value is -2.44. The van der Waals surface area contributed by atoms with Crippen LogP contribution in [0.4, 0.5) is 16.0 Å². The molecule has 6 rings (SSSR count). The van der Waals surface area contributed by atoms with Crippen LogP contribution in [0.25, 0.3) is 10.6 Å². The number of fused-ring (bicyclic) bond motifs is 1. The number of hydrogen-bond acceptors (Lipinski definition) is 10. The Kier molecular flexibility index (Phi) is 8.18. The number of piperidine rings is 1. The van der Waals surface area contributed by atoms with E-state index in [4.69, 9.17) is 32.9 Å². The molecule has 1 amide bonds. The molecule has 13 heteroatoms. The van der Waals surface area contributed by atoms with Crippen molar-refractivity contribution in [3.63, 3.8) is 0 Å². The first kappa shape index (κ1) is 27.7. The maximum absolute atomic E-state index is 13.2. The molecule has 3 aromatic heterocycles. The maximum Gasteiger partial charge on any atom is 0.309 e. The minimum absolute atomic E-state index is 0.102. The van der Waals surface area contributed by atoms with Gasteiger partial charge in [-0.2, -0.15) is 0 Å². The molecule has 0 saturated carbocycles. The molecular formula is C27H30Cl2N6O3S2. The molecule has 0 spiro atoms. The van der Waals surface area contributed by atoms with Crippen molar-refractivity contribution in [2.45, 2.75) is 19.8 Å². The average Bonchev–Trinajstić information content (AvgIpc) is 3.73. The van der Waals surface area contributed by atoms with Crippen molar-refractivity contribution in [2.75, 3.05) is 61.0 Å². The molecule has 0 bridgehead atoms. The number of esters is 1. The highest BCUT2D eigenvalue weighted by molar-refractivity contribution is 7.21. The van der Waals surface area contributed by atoms with Crippen LogP contribution in [0.5, 0.6) is 0 Å². The van der Waals surface area contributed by atoms with Crippen molar-refractivity contribution in [3.05, 3.63) is 39.3 Å². The van der Waals surface area contributed by atoms with Gasteiger partial charge < -0.3 is 19.9 Å². The van der Waals surface area contributed by atoms with Crippen LogP contribution in [-0.4, -0.2) is 67.7 Å². The lowest BCUT2D eigenvalue weighted by molar-refractivity contribution is -0.148. The molecular weight excluding hydrogens is 591 g/mol. The van der Waals surface area contributed by atoms with E-state index in [0.717, 1.165) is 41.8 Å². The van der Waals surface area contributed by atoms with Gasteiger partial charge in [-0.1, -0.05) is 34.5 Å². The van der Waals surface area contributed by atoms with Gasteiger partial charge in [0.25, 0.3) is 5.91 Å². The third kappa shape index (κ3) is 5.67. The van der Waals surface area contributed by atoms with Gasteiger partial charge in [-0.05, 0) is 43.7 Å². The van der Waals surface area contributed by atoms with Crippen molar-refractivity contribution in [2.24, 2.45) is 17.8 Å². The Morgan fingerprint density at radius 3 is 2.55 bits per heavy atom. The summed E-state index contributed by atoms with van der Waals surface area (Å²) in [5, 5.41) is 11.0. The number of carbonyl (C=O) groups excluding carboxylic acids is 2. The minimum Gasteiger partial charge on any atom is -0.466 e. The van der Waals surface area contributed by atoms with Crippen LogP contribution in [0, 0.1) is 17.8 Å². The number of ether oxygens (including phenoxy) is 1. The topological polar surface area (TPSA) is 99.7 Å². The third-order valence-corrected chi connectivity index (χ3v) is 10.4. The zero-order valence-electron chi connectivity index (χ0n) is 22.0. The SMILES string of the molecule is CCOC(=O)C1CCN(c2ncc(C(=O)Nc3nc(-c4cc(Cl)cs4)c(N4CC5CNCC5C4)s3)cc2Cl)CC1. The van der Waals surface area contributed by atoms with Crippen molar-refractivity contribution in [1.29, 1.82) is 0 Å². The van der Waals surface area contributed by atoms with Crippen LogP contribution in [0.1, 0.15) is 30.1 Å². The molecule has 3 saturated heterocycles. The Balaban J connectivity index is 1.16. The molecule has 2 unspecified atom stereocenters. The summed E-state index contributed by atoms with van der Waals surface area (Å²) >= 11 is 15.9. The van der Waals surface area contributed by atoms with E-state index in [9.17, 15) is 9.59 Å². The quantitative estimate of drug-likeness (QED) is 0.345. The standard InChI is InChI=1S/C27H30Cl2N6O3S2/c1-2-38-26(37)15-3-5-34(6-4-15)23-20(29)7-16(11-31-23)24(36)33-27-32-22(21-8-19(28)14-39-21)25(40-27)35-12-17-9-30-10-18(17)13-35/h7-8,11,14-15,17-18,30H,2-6,9-10,12-13H2,1H3,(H,32,33,36). The lowest BCUT2D eigenvalue weighted by Crippen LogP contribution is -2.37. The molecule has 3 fully saturated rings. The van der Waals surface area contributed by atoms with Crippen molar-refractivity contribution in [3.8, 4) is 10.6 Å². The van der Waals surface area contributed by atoms with Crippen LogP contribution < -0.4 is 20.4 Å². The first-order chi connectivity index (χ1) is 19.4. The number of carbonyl (C=O) groups is 2. The molecule has 6 heterocycles. The zero-order chi connectivity index (χ0) is 27.8. The lowest BCUT2D eigenvalue weighted by Gasteiger charge is -2.32. The van der Waals surface area contributed by atoms with Gasteiger partial charge in [-0.25, -0.2) is 9.97 Å². The predicted octanol–water partition coefficient (Wildman–Crippen LogP) is 5.26. The summed E-state index contributed by atoms with van der Waals surface area (Å²) in [7, 11) is 0. The number of anilines is 3. The molecule has 3 aromatic rings. The summed E-state index contributed by atoms with van der Waals surface area (Å²) in [6, 6.07) is 3.56. The van der Waals surface area contributed by atoms with E-state index in [1.54, 1.807) is 17.4 Å². The fraction of sp³-hybridized carbons (Fsp3) is 0.481. The third-order valence-electron chi connectivity index (χ3n) is 7.81. The van der Waals surface area contributed by atoms with Gasteiger partial charge >= 0.3 is 5.97 Å². The number of aromatic nitrogens is 2. The summed E-state index contributed by atoms with van der Waals surface area (Å²) in [5.74, 6) is 1.30. The first-order valence-electron chi connectivity index (χ1n) is 13.5. The summed E-state index contributed by atoms with van der Waals surface area (Å²) in [6.07, 6.45) is 2.90. The van der Waals surface area contributed by atoms with Gasteiger partial charge in [0.2, 0.25) is 0 Å². The van der Waals surface area contributed by atoms with E-state index in [1.165, 1.54) is 17.5 Å². The summed E-state index contributed by atoms with van der Waals surface area (Å²) in [6.45, 7) is 7.51. The van der Waals surface area contributed by atoms with Gasteiger partial charge in [0.15, 0.2) is 5.13 Å². The van der Waals surface area contributed by atoms with Gasteiger partial charge in [0, 0.05) is 50.8 Å².